The molecule has 0 aromatic rings. The zero-order chi connectivity index (χ0) is 14.8. The van der Waals surface area contributed by atoms with Gasteiger partial charge in [0, 0.05) is 5.54 Å². The number of aliphatic hydroxyl groups excluding tert-OH is 1. The van der Waals surface area contributed by atoms with Gasteiger partial charge in [-0.05, 0) is 33.1 Å². The average molecular weight is 261 g/mol. The van der Waals surface area contributed by atoms with E-state index in [1.165, 1.54) is 39.0 Å². The van der Waals surface area contributed by atoms with Crippen LogP contribution in [0.25, 0.3) is 0 Å². The molecule has 4 N–H and O–H groups in total. The fourth-order valence-corrected chi connectivity index (χ4v) is 1.25. The van der Waals surface area contributed by atoms with Crippen LogP contribution in [0.15, 0.2) is 0 Å². The largest absolute Gasteiger partial charge is 0.479 e. The van der Waals surface area contributed by atoms with Crippen molar-refractivity contribution in [1.29, 1.82) is 0 Å². The van der Waals surface area contributed by atoms with Gasteiger partial charge < -0.3 is 15.9 Å². The highest BCUT2D eigenvalue weighted by molar-refractivity contribution is 5.71. The SMILES string of the molecule is CC(O)C(=O)O.CCCCCCC(C)C(C)(C)N. The summed E-state index contributed by atoms with van der Waals surface area (Å²) in [6.07, 6.45) is 5.46. The molecule has 0 saturated heterocycles. The number of carboxylic acid groups (broad SMARTS) is 1. The topological polar surface area (TPSA) is 83.5 Å². The molecular formula is C14H31NO3. The molecule has 0 saturated carbocycles. The first-order valence-corrected chi connectivity index (χ1v) is 6.82. The number of aliphatic hydroxyl groups is 1. The number of hydrogen-bond donors (Lipinski definition) is 3. The molecule has 0 bridgehead atoms. The summed E-state index contributed by atoms with van der Waals surface area (Å²) in [6.45, 7) is 9.94. The van der Waals surface area contributed by atoms with Gasteiger partial charge in [0.15, 0.2) is 0 Å². The molecule has 0 spiro atoms. The van der Waals surface area contributed by atoms with Gasteiger partial charge >= 0.3 is 5.97 Å². The third kappa shape index (κ3) is 13.5. The number of carboxylic acids is 1. The highest BCUT2D eigenvalue weighted by atomic mass is 16.4. The van der Waals surface area contributed by atoms with Crippen LogP contribution in [0.4, 0.5) is 0 Å². The lowest BCUT2D eigenvalue weighted by atomic mass is 9.86. The molecule has 0 aliphatic heterocycles. The summed E-state index contributed by atoms with van der Waals surface area (Å²) in [6, 6.07) is 0. The highest BCUT2D eigenvalue weighted by Crippen LogP contribution is 2.19. The predicted octanol–water partition coefficient (Wildman–Crippen LogP) is 2.78. The minimum absolute atomic E-state index is 0.00617. The maximum absolute atomic E-state index is 9.45. The molecule has 0 aliphatic rings. The van der Waals surface area contributed by atoms with Crippen LogP contribution < -0.4 is 5.73 Å². The Kier molecular flexibility index (Phi) is 11.3. The van der Waals surface area contributed by atoms with E-state index >= 15 is 0 Å². The number of nitrogens with two attached hydrogens (primary N) is 1. The van der Waals surface area contributed by atoms with Crippen molar-refractivity contribution in [2.75, 3.05) is 0 Å². The molecule has 18 heavy (non-hydrogen) atoms. The van der Waals surface area contributed by atoms with Crippen molar-refractivity contribution in [1.82, 2.24) is 0 Å². The molecule has 0 amide bonds. The predicted molar refractivity (Wildman–Crippen MR) is 75.5 cm³/mol. The monoisotopic (exact) mass is 261 g/mol. The lowest BCUT2D eigenvalue weighted by Crippen LogP contribution is -2.39. The fourth-order valence-electron chi connectivity index (χ4n) is 1.25. The van der Waals surface area contributed by atoms with E-state index in [0.29, 0.717) is 5.92 Å². The van der Waals surface area contributed by atoms with Crippen LogP contribution in [0.5, 0.6) is 0 Å². The minimum Gasteiger partial charge on any atom is -0.479 e. The van der Waals surface area contributed by atoms with Crippen molar-refractivity contribution < 1.29 is 15.0 Å². The molecule has 2 unspecified atom stereocenters. The summed E-state index contributed by atoms with van der Waals surface area (Å²) in [4.78, 5) is 9.45. The van der Waals surface area contributed by atoms with Gasteiger partial charge in [0.05, 0.1) is 0 Å². The Balaban J connectivity index is 0. The minimum atomic E-state index is -1.23. The normalized spacial score (nSPS) is 14.4. The summed E-state index contributed by atoms with van der Waals surface area (Å²) in [5.41, 5.74) is 6.00. The first-order valence-electron chi connectivity index (χ1n) is 6.82. The Morgan fingerprint density at radius 1 is 1.22 bits per heavy atom. The first kappa shape index (κ1) is 19.7. The van der Waals surface area contributed by atoms with E-state index in [1.54, 1.807) is 0 Å². The van der Waals surface area contributed by atoms with Gasteiger partial charge in [0.25, 0.3) is 0 Å². The van der Waals surface area contributed by atoms with Crippen LogP contribution in [0.2, 0.25) is 0 Å². The smallest absolute Gasteiger partial charge is 0.332 e. The highest BCUT2D eigenvalue weighted by Gasteiger charge is 2.19. The van der Waals surface area contributed by atoms with Crippen LogP contribution in [0.1, 0.15) is 66.7 Å². The molecule has 0 heterocycles. The average Bonchev–Trinajstić information content (AvgIpc) is 2.23. The molecule has 0 radical (unpaired) electrons. The third-order valence-electron chi connectivity index (χ3n) is 3.12. The summed E-state index contributed by atoms with van der Waals surface area (Å²) in [5, 5.41) is 15.8. The van der Waals surface area contributed by atoms with Crippen LogP contribution in [-0.2, 0) is 4.79 Å². The molecule has 0 fully saturated rings. The van der Waals surface area contributed by atoms with Crippen molar-refractivity contribution in [3.8, 4) is 0 Å². The Morgan fingerprint density at radius 2 is 1.67 bits per heavy atom. The molecule has 0 rings (SSSR count). The second-order valence-corrected chi connectivity index (χ2v) is 5.59. The van der Waals surface area contributed by atoms with Gasteiger partial charge in [0.2, 0.25) is 0 Å². The van der Waals surface area contributed by atoms with Gasteiger partial charge in [-0.2, -0.15) is 0 Å². The van der Waals surface area contributed by atoms with Crippen molar-refractivity contribution >= 4 is 5.97 Å². The molecule has 4 heteroatoms. The number of rotatable bonds is 7. The van der Waals surface area contributed by atoms with Gasteiger partial charge in [0.1, 0.15) is 6.10 Å². The Morgan fingerprint density at radius 3 is 1.94 bits per heavy atom. The second kappa shape index (κ2) is 10.3. The maximum atomic E-state index is 9.45. The quantitative estimate of drug-likeness (QED) is 0.615. The zero-order valence-electron chi connectivity index (χ0n) is 12.6. The van der Waals surface area contributed by atoms with E-state index in [4.69, 9.17) is 15.9 Å². The van der Waals surface area contributed by atoms with Gasteiger partial charge in [-0.25, -0.2) is 4.79 Å². The lowest BCUT2D eigenvalue weighted by Gasteiger charge is -2.27. The Hall–Kier alpha value is -0.610. The van der Waals surface area contributed by atoms with Crippen LogP contribution >= 0.6 is 0 Å². The van der Waals surface area contributed by atoms with E-state index in [2.05, 4.69) is 27.7 Å². The van der Waals surface area contributed by atoms with Crippen LogP contribution in [0, 0.1) is 5.92 Å². The van der Waals surface area contributed by atoms with Gasteiger partial charge in [-0.15, -0.1) is 0 Å². The molecule has 4 nitrogen and oxygen atoms in total. The maximum Gasteiger partial charge on any atom is 0.332 e. The summed E-state index contributed by atoms with van der Waals surface area (Å²) in [7, 11) is 0. The molecular weight excluding hydrogens is 230 g/mol. The standard InChI is InChI=1S/C11H25N.C3H6O3/c1-5-6-7-8-9-10(2)11(3,4)12;1-2(4)3(5)6/h10H,5-9,12H2,1-4H3;2,4H,1H3,(H,5,6). The number of aliphatic carboxylic acids is 1. The summed E-state index contributed by atoms with van der Waals surface area (Å²) in [5.74, 6) is -0.538. The fraction of sp³-hybridized carbons (Fsp3) is 0.929. The third-order valence-corrected chi connectivity index (χ3v) is 3.12. The molecule has 110 valence electrons. The Bertz CT molecular complexity index is 210. The Labute approximate surface area is 112 Å². The molecule has 0 aromatic heterocycles. The summed E-state index contributed by atoms with van der Waals surface area (Å²) >= 11 is 0. The first-order chi connectivity index (χ1) is 8.12. The number of unbranched alkanes of at least 4 members (excludes halogenated alkanes) is 3. The number of hydrogen-bond acceptors (Lipinski definition) is 3. The van der Waals surface area contributed by atoms with Crippen molar-refractivity contribution in [3.05, 3.63) is 0 Å². The molecule has 0 aromatic carbocycles. The van der Waals surface area contributed by atoms with Crippen molar-refractivity contribution in [3.63, 3.8) is 0 Å². The van der Waals surface area contributed by atoms with Crippen molar-refractivity contribution in [2.45, 2.75) is 78.4 Å². The molecule has 0 aliphatic carbocycles. The van der Waals surface area contributed by atoms with E-state index in [1.807, 2.05) is 0 Å². The number of carbonyl (C=O) groups is 1. The lowest BCUT2D eigenvalue weighted by molar-refractivity contribution is -0.145. The van der Waals surface area contributed by atoms with Crippen LogP contribution in [0.3, 0.4) is 0 Å². The van der Waals surface area contributed by atoms with E-state index in [-0.39, 0.29) is 5.54 Å². The van der Waals surface area contributed by atoms with E-state index < -0.39 is 12.1 Å². The summed E-state index contributed by atoms with van der Waals surface area (Å²) < 4.78 is 0. The van der Waals surface area contributed by atoms with Crippen LogP contribution in [-0.4, -0.2) is 27.8 Å². The van der Waals surface area contributed by atoms with Gasteiger partial charge in [-0.1, -0.05) is 39.5 Å². The molecule has 2 atom stereocenters. The second-order valence-electron chi connectivity index (χ2n) is 5.59. The van der Waals surface area contributed by atoms with E-state index in [0.717, 1.165) is 0 Å². The zero-order valence-corrected chi connectivity index (χ0v) is 12.6. The van der Waals surface area contributed by atoms with E-state index in [9.17, 15) is 4.79 Å². The van der Waals surface area contributed by atoms with Crippen molar-refractivity contribution in [2.24, 2.45) is 11.7 Å². The van der Waals surface area contributed by atoms with Gasteiger partial charge in [-0.3, -0.25) is 0 Å².